The average Bonchev–Trinajstić information content (AvgIpc) is 3.11. The molecule has 0 atom stereocenters. The Hall–Kier alpha value is -1.56. The van der Waals surface area contributed by atoms with Crippen LogP contribution in [0.1, 0.15) is 25.5 Å². The Morgan fingerprint density at radius 1 is 0.966 bits per heavy atom. The van der Waals surface area contributed by atoms with E-state index in [1.807, 2.05) is 0 Å². The second-order valence-corrected chi connectivity index (χ2v) is 5.55. The Bertz CT molecular complexity index is 791. The monoisotopic (exact) mass is 423 g/mol. The van der Waals surface area contributed by atoms with Crippen molar-refractivity contribution < 1.29 is 102 Å². The van der Waals surface area contributed by atoms with Crippen molar-refractivity contribution in [1.29, 1.82) is 0 Å². The fraction of sp³-hybridized carbons (Fsp3) is 0.294. The van der Waals surface area contributed by atoms with Gasteiger partial charge in [-0.05, 0) is 26.0 Å². The molecule has 144 valence electrons. The number of hydrogen-bond acceptors (Lipinski definition) is 10. The van der Waals surface area contributed by atoms with Gasteiger partial charge in [-0.1, -0.05) is 0 Å². The number of hydrogen-bond donors (Lipinski definition) is 1. The van der Waals surface area contributed by atoms with E-state index in [0.717, 1.165) is 0 Å². The van der Waals surface area contributed by atoms with Crippen LogP contribution in [0.15, 0.2) is 45.4 Å². The first kappa shape index (κ1) is 27.4. The van der Waals surface area contributed by atoms with Crippen molar-refractivity contribution in [3.05, 3.63) is 46.7 Å². The molecule has 1 aromatic rings. The van der Waals surface area contributed by atoms with E-state index in [1.54, 1.807) is 0 Å². The molecule has 1 aliphatic heterocycles. The predicted molar refractivity (Wildman–Crippen MR) is 81.9 cm³/mol. The summed E-state index contributed by atoms with van der Waals surface area (Å²) in [6, 6.07) is 3.02. The van der Waals surface area contributed by atoms with Crippen LogP contribution in [0.4, 0.5) is 0 Å². The molecule has 0 radical (unpaired) electrons. The molecule has 1 N–H and O–H groups in total. The maximum atomic E-state index is 12.4. The van der Waals surface area contributed by atoms with Gasteiger partial charge >= 0.3 is 71.1 Å². The second-order valence-electron chi connectivity index (χ2n) is 5.55. The molecule has 2 rings (SSSR count). The third kappa shape index (κ3) is 7.02. The van der Waals surface area contributed by atoms with Gasteiger partial charge < -0.3 is 39.0 Å². The number of ether oxygens (including phenoxy) is 2. The zero-order chi connectivity index (χ0) is 20.1. The third-order valence-electron chi connectivity index (χ3n) is 3.67. The van der Waals surface area contributed by atoms with Gasteiger partial charge in [-0.15, -0.1) is 0 Å². The smallest absolute Gasteiger partial charge is 0.546 e. The fourth-order valence-electron chi connectivity index (χ4n) is 2.68. The van der Waals surface area contributed by atoms with Gasteiger partial charge in [0.25, 0.3) is 0 Å². The van der Waals surface area contributed by atoms with Gasteiger partial charge in [-0.2, -0.15) is 0 Å². The Balaban J connectivity index is 0.00000392. The van der Waals surface area contributed by atoms with Crippen LogP contribution in [0, 0.1) is 0 Å². The second kappa shape index (κ2) is 12.2. The molecule has 0 spiro atoms. The molecule has 0 unspecified atom stereocenters. The van der Waals surface area contributed by atoms with Crippen molar-refractivity contribution in [2.24, 2.45) is 0 Å². The number of carboxylic acid groups (broad SMARTS) is 2. The largest absolute Gasteiger partial charge is 1.00 e. The van der Waals surface area contributed by atoms with Gasteiger partial charge in [-0.25, -0.2) is 9.59 Å². The molecule has 29 heavy (non-hydrogen) atoms. The summed E-state index contributed by atoms with van der Waals surface area (Å²) < 4.78 is 14.7. The minimum Gasteiger partial charge on any atom is -0.546 e. The van der Waals surface area contributed by atoms with Crippen molar-refractivity contribution in [2.75, 3.05) is 13.2 Å². The molecule has 10 nitrogen and oxygen atoms in total. The van der Waals surface area contributed by atoms with Crippen LogP contribution in [0.5, 0.6) is 0 Å². The van der Waals surface area contributed by atoms with E-state index in [9.17, 15) is 29.4 Å². The van der Waals surface area contributed by atoms with Crippen LogP contribution in [0.3, 0.4) is 0 Å². The molecular weight excluding hydrogens is 408 g/mol. The molecule has 0 amide bonds. The SMILES string of the molecule is CC1=C(C(=O)OCC(=O)[O-])C(c2ccco2)C(C(=O)OCC(=O)[O-])=C(C)N1.[Na+].[Na+]. The molecule has 0 bridgehead atoms. The number of aliphatic carboxylic acids is 2. The van der Waals surface area contributed by atoms with E-state index in [-0.39, 0.29) is 76.0 Å². The van der Waals surface area contributed by atoms with Gasteiger partial charge in [0, 0.05) is 11.4 Å². The predicted octanol–water partition coefficient (Wildman–Crippen LogP) is -7.89. The van der Waals surface area contributed by atoms with Crippen LogP contribution in [0.2, 0.25) is 0 Å². The third-order valence-corrected chi connectivity index (χ3v) is 3.67. The van der Waals surface area contributed by atoms with Crippen LogP contribution in [0.25, 0.3) is 0 Å². The van der Waals surface area contributed by atoms with Gasteiger partial charge in [-0.3, -0.25) is 0 Å². The van der Waals surface area contributed by atoms with Crippen LogP contribution >= 0.6 is 0 Å². The minimum atomic E-state index is -1.60. The first-order valence-corrected chi connectivity index (χ1v) is 7.68. The van der Waals surface area contributed by atoms with E-state index in [0.29, 0.717) is 11.4 Å². The normalized spacial score (nSPS) is 13.6. The molecule has 0 saturated heterocycles. The van der Waals surface area contributed by atoms with Crippen LogP contribution < -0.4 is 74.6 Å². The number of nitrogens with one attached hydrogen (secondary N) is 1. The summed E-state index contributed by atoms with van der Waals surface area (Å²) in [7, 11) is 0. The van der Waals surface area contributed by atoms with E-state index < -0.39 is 43.0 Å². The van der Waals surface area contributed by atoms with E-state index in [2.05, 4.69) is 14.8 Å². The maximum absolute atomic E-state index is 12.4. The number of dihydropyridines is 1. The average molecular weight is 423 g/mol. The number of furan rings is 1. The first-order valence-electron chi connectivity index (χ1n) is 7.68. The summed E-state index contributed by atoms with van der Waals surface area (Å²) >= 11 is 0. The Kier molecular flexibility index (Phi) is 11.6. The Morgan fingerprint density at radius 2 is 1.41 bits per heavy atom. The van der Waals surface area contributed by atoms with Crippen molar-refractivity contribution in [1.82, 2.24) is 5.32 Å². The van der Waals surface area contributed by atoms with Crippen LogP contribution in [-0.2, 0) is 28.7 Å². The summed E-state index contributed by atoms with van der Waals surface area (Å²) in [5, 5.41) is 23.9. The van der Waals surface area contributed by atoms with Gasteiger partial charge in [0.2, 0.25) is 0 Å². The topological polar surface area (TPSA) is 158 Å². The molecule has 0 aliphatic carbocycles. The quantitative estimate of drug-likeness (QED) is 0.330. The van der Waals surface area contributed by atoms with E-state index in [4.69, 9.17) is 4.42 Å². The number of rotatable bonds is 7. The summed E-state index contributed by atoms with van der Waals surface area (Å²) in [6.07, 6.45) is 1.32. The van der Waals surface area contributed by atoms with Crippen molar-refractivity contribution in [3.8, 4) is 0 Å². The molecule has 0 aromatic carbocycles. The van der Waals surface area contributed by atoms with Crippen molar-refractivity contribution in [2.45, 2.75) is 19.8 Å². The van der Waals surface area contributed by atoms with Crippen LogP contribution in [-0.4, -0.2) is 37.1 Å². The van der Waals surface area contributed by atoms with E-state index >= 15 is 0 Å². The molecule has 0 saturated carbocycles. The fourth-order valence-corrected chi connectivity index (χ4v) is 2.68. The van der Waals surface area contributed by atoms with Gasteiger partial charge in [0.05, 0.1) is 35.3 Å². The number of allylic oxidation sites excluding steroid dienone is 2. The summed E-state index contributed by atoms with van der Waals surface area (Å²) in [4.78, 5) is 46.0. The van der Waals surface area contributed by atoms with Crippen molar-refractivity contribution in [3.63, 3.8) is 0 Å². The molecule has 1 aliphatic rings. The van der Waals surface area contributed by atoms with Gasteiger partial charge in [0.15, 0.2) is 0 Å². The number of carboxylic acids is 2. The Labute approximate surface area is 209 Å². The standard InChI is InChI=1S/C17H17NO9.2Na/c1-8-13(16(23)26-6-11(19)20)15(10-4-3-5-25-10)14(9(2)18-8)17(24)27-7-12(21)22;;/h3-5,15,18H,6-7H2,1-2H3,(H,19,20)(H,21,22);;/q;2*+1/p-2. The summed E-state index contributed by atoms with van der Waals surface area (Å²) in [5.41, 5.74) is 0.428. The molecule has 0 fully saturated rings. The molecule has 1 aromatic heterocycles. The molecule has 12 heteroatoms. The van der Waals surface area contributed by atoms with Gasteiger partial charge in [0.1, 0.15) is 19.0 Å². The molecule has 2 heterocycles. The number of esters is 2. The minimum absolute atomic E-state index is 0. The Morgan fingerprint density at radius 3 is 1.76 bits per heavy atom. The number of carbonyl (C=O) groups is 4. The van der Waals surface area contributed by atoms with Crippen molar-refractivity contribution >= 4 is 23.9 Å². The summed E-state index contributed by atoms with van der Waals surface area (Å²) in [6.45, 7) is 1.10. The molecular formula is C17H15NNa2O9. The number of carbonyl (C=O) groups excluding carboxylic acids is 4. The maximum Gasteiger partial charge on any atom is 1.00 e. The van der Waals surface area contributed by atoms with E-state index in [1.165, 1.54) is 32.2 Å². The summed E-state index contributed by atoms with van der Waals surface area (Å²) in [5.74, 6) is -6.13. The zero-order valence-corrected chi connectivity index (χ0v) is 20.4. The first-order chi connectivity index (χ1) is 12.7. The zero-order valence-electron chi connectivity index (χ0n) is 16.4.